The average Bonchev–Trinajstić information content (AvgIpc) is 3.17. The third-order valence-corrected chi connectivity index (χ3v) is 5.68. The lowest BCUT2D eigenvalue weighted by atomic mass is 9.83. The standard InChI is InChI=1S/C20H29N5O3/c1-14-7-10-25(13-14)17(26)12-23-20(28)18(15-5-3-2-4-6-15)24-19(27)16-11-21-8-9-22-16/h8-9,11,14-15,18H,2-7,10,12-13H2,1H3,(H,23,28)(H,24,27)/t14-,18-/m0/s1. The van der Waals surface area contributed by atoms with Crippen molar-refractivity contribution in [1.29, 1.82) is 0 Å². The van der Waals surface area contributed by atoms with E-state index in [1.807, 2.05) is 0 Å². The van der Waals surface area contributed by atoms with Crippen LogP contribution in [0.5, 0.6) is 0 Å². The Hall–Kier alpha value is -2.51. The molecule has 1 aromatic heterocycles. The van der Waals surface area contributed by atoms with Gasteiger partial charge in [-0.05, 0) is 31.1 Å². The van der Waals surface area contributed by atoms with E-state index in [9.17, 15) is 14.4 Å². The Labute approximate surface area is 165 Å². The van der Waals surface area contributed by atoms with Crippen molar-refractivity contribution >= 4 is 17.7 Å². The number of carbonyl (C=O) groups is 3. The van der Waals surface area contributed by atoms with Crippen LogP contribution in [-0.4, -0.2) is 58.3 Å². The molecular weight excluding hydrogens is 358 g/mol. The average molecular weight is 387 g/mol. The van der Waals surface area contributed by atoms with Gasteiger partial charge >= 0.3 is 0 Å². The molecule has 3 amide bonds. The van der Waals surface area contributed by atoms with Gasteiger partial charge in [0, 0.05) is 25.5 Å². The number of nitrogens with one attached hydrogen (secondary N) is 2. The molecule has 2 N–H and O–H groups in total. The van der Waals surface area contributed by atoms with Crippen LogP contribution >= 0.6 is 0 Å². The minimum Gasteiger partial charge on any atom is -0.345 e. The molecule has 2 aliphatic rings. The molecule has 1 aromatic rings. The maximum absolute atomic E-state index is 12.9. The van der Waals surface area contributed by atoms with Crippen molar-refractivity contribution in [3.05, 3.63) is 24.3 Å². The molecule has 0 spiro atoms. The predicted octanol–water partition coefficient (Wildman–Crippen LogP) is 1.14. The zero-order valence-corrected chi connectivity index (χ0v) is 16.4. The molecule has 2 fully saturated rings. The van der Waals surface area contributed by atoms with Crippen molar-refractivity contribution in [3.63, 3.8) is 0 Å². The molecule has 0 radical (unpaired) electrons. The van der Waals surface area contributed by atoms with E-state index in [2.05, 4.69) is 27.5 Å². The SMILES string of the molecule is C[C@H]1CCN(C(=O)CNC(=O)[C@@H](NC(=O)c2cnccn2)C2CCCCC2)C1. The number of nitrogens with zero attached hydrogens (tertiary/aromatic N) is 3. The topological polar surface area (TPSA) is 104 Å². The molecule has 0 bridgehead atoms. The first-order valence-corrected chi connectivity index (χ1v) is 10.2. The van der Waals surface area contributed by atoms with E-state index in [4.69, 9.17) is 0 Å². The predicted molar refractivity (Wildman–Crippen MR) is 103 cm³/mol. The maximum Gasteiger partial charge on any atom is 0.272 e. The Bertz CT molecular complexity index is 690. The van der Waals surface area contributed by atoms with Crippen molar-refractivity contribution in [1.82, 2.24) is 25.5 Å². The van der Waals surface area contributed by atoms with E-state index >= 15 is 0 Å². The highest BCUT2D eigenvalue weighted by Crippen LogP contribution is 2.27. The lowest BCUT2D eigenvalue weighted by Gasteiger charge is -2.30. The highest BCUT2D eigenvalue weighted by atomic mass is 16.2. The summed E-state index contributed by atoms with van der Waals surface area (Å²) in [7, 11) is 0. The minimum absolute atomic E-state index is 0.0320. The van der Waals surface area contributed by atoms with Crippen molar-refractivity contribution in [2.24, 2.45) is 11.8 Å². The minimum atomic E-state index is -0.667. The van der Waals surface area contributed by atoms with E-state index in [1.165, 1.54) is 18.6 Å². The van der Waals surface area contributed by atoms with Crippen molar-refractivity contribution < 1.29 is 14.4 Å². The van der Waals surface area contributed by atoms with Crippen LogP contribution in [0.1, 0.15) is 55.9 Å². The highest BCUT2D eigenvalue weighted by Gasteiger charge is 2.32. The van der Waals surface area contributed by atoms with Gasteiger partial charge in [-0.2, -0.15) is 0 Å². The summed E-state index contributed by atoms with van der Waals surface area (Å²) >= 11 is 0. The number of hydrogen-bond acceptors (Lipinski definition) is 5. The Balaban J connectivity index is 1.61. The molecule has 1 saturated carbocycles. The van der Waals surface area contributed by atoms with Crippen LogP contribution in [-0.2, 0) is 9.59 Å². The summed E-state index contributed by atoms with van der Waals surface area (Å²) in [6, 6.07) is -0.667. The third-order valence-electron chi connectivity index (χ3n) is 5.68. The van der Waals surface area contributed by atoms with Crippen molar-refractivity contribution in [2.45, 2.75) is 51.5 Å². The quantitative estimate of drug-likeness (QED) is 0.762. The number of amides is 3. The lowest BCUT2D eigenvalue weighted by Crippen LogP contribution is -2.53. The van der Waals surface area contributed by atoms with Crippen LogP contribution in [0.2, 0.25) is 0 Å². The van der Waals surface area contributed by atoms with Crippen LogP contribution in [0.25, 0.3) is 0 Å². The van der Waals surface area contributed by atoms with E-state index in [-0.39, 0.29) is 30.0 Å². The van der Waals surface area contributed by atoms with Gasteiger partial charge in [-0.25, -0.2) is 4.98 Å². The second kappa shape index (κ2) is 9.61. The second-order valence-electron chi connectivity index (χ2n) is 7.89. The molecule has 8 heteroatoms. The van der Waals surface area contributed by atoms with Crippen molar-refractivity contribution in [2.75, 3.05) is 19.6 Å². The molecule has 0 unspecified atom stereocenters. The number of hydrogen-bond donors (Lipinski definition) is 2. The Morgan fingerprint density at radius 3 is 2.61 bits per heavy atom. The van der Waals surface area contributed by atoms with Gasteiger partial charge in [0.2, 0.25) is 11.8 Å². The summed E-state index contributed by atoms with van der Waals surface area (Å²) < 4.78 is 0. The van der Waals surface area contributed by atoms with E-state index < -0.39 is 11.9 Å². The van der Waals surface area contributed by atoms with Gasteiger partial charge in [-0.15, -0.1) is 0 Å². The second-order valence-corrected chi connectivity index (χ2v) is 7.89. The lowest BCUT2D eigenvalue weighted by molar-refractivity contribution is -0.133. The Kier molecular flexibility index (Phi) is 6.95. The van der Waals surface area contributed by atoms with Gasteiger partial charge in [0.25, 0.3) is 5.91 Å². The maximum atomic E-state index is 12.9. The fourth-order valence-corrected chi connectivity index (χ4v) is 4.04. The highest BCUT2D eigenvalue weighted by molar-refractivity contribution is 5.96. The van der Waals surface area contributed by atoms with Crippen LogP contribution in [0, 0.1) is 11.8 Å². The number of likely N-dealkylation sites (tertiary alicyclic amines) is 1. The van der Waals surface area contributed by atoms with Gasteiger partial charge < -0.3 is 15.5 Å². The normalized spacial score (nSPS) is 21.2. The molecule has 1 aliphatic carbocycles. The molecule has 2 atom stereocenters. The van der Waals surface area contributed by atoms with Gasteiger partial charge in [-0.3, -0.25) is 19.4 Å². The first-order chi connectivity index (χ1) is 13.5. The van der Waals surface area contributed by atoms with Crippen LogP contribution in [0.3, 0.4) is 0 Å². The summed E-state index contributed by atoms with van der Waals surface area (Å²) in [6.07, 6.45) is 10.3. The summed E-state index contributed by atoms with van der Waals surface area (Å²) in [4.78, 5) is 47.4. The van der Waals surface area contributed by atoms with Crippen LogP contribution < -0.4 is 10.6 Å². The Morgan fingerprint density at radius 1 is 1.18 bits per heavy atom. The monoisotopic (exact) mass is 387 g/mol. The van der Waals surface area contributed by atoms with Crippen LogP contribution in [0.4, 0.5) is 0 Å². The summed E-state index contributed by atoms with van der Waals surface area (Å²) in [6.45, 7) is 3.57. The first kappa shape index (κ1) is 20.2. The molecule has 152 valence electrons. The van der Waals surface area contributed by atoms with Crippen molar-refractivity contribution in [3.8, 4) is 0 Å². The van der Waals surface area contributed by atoms with Crippen LogP contribution in [0.15, 0.2) is 18.6 Å². The first-order valence-electron chi connectivity index (χ1n) is 10.2. The molecule has 1 aliphatic heterocycles. The number of rotatable bonds is 6. The molecule has 2 heterocycles. The van der Waals surface area contributed by atoms with E-state index in [0.717, 1.165) is 51.6 Å². The zero-order valence-electron chi connectivity index (χ0n) is 16.4. The molecule has 1 saturated heterocycles. The molecule has 0 aromatic carbocycles. The number of aromatic nitrogens is 2. The Morgan fingerprint density at radius 2 is 1.96 bits per heavy atom. The fraction of sp³-hybridized carbons (Fsp3) is 0.650. The third kappa shape index (κ3) is 5.27. The van der Waals surface area contributed by atoms with E-state index in [1.54, 1.807) is 4.90 Å². The fourth-order valence-electron chi connectivity index (χ4n) is 4.04. The zero-order chi connectivity index (χ0) is 19.9. The van der Waals surface area contributed by atoms with Gasteiger partial charge in [0.15, 0.2) is 0 Å². The summed E-state index contributed by atoms with van der Waals surface area (Å²) in [5.74, 6) is -0.221. The summed E-state index contributed by atoms with van der Waals surface area (Å²) in [5.41, 5.74) is 0.179. The molecule has 8 nitrogen and oxygen atoms in total. The molecular formula is C20H29N5O3. The number of carbonyl (C=O) groups excluding carboxylic acids is 3. The van der Waals surface area contributed by atoms with Gasteiger partial charge in [0.1, 0.15) is 11.7 Å². The van der Waals surface area contributed by atoms with Gasteiger partial charge in [0.05, 0.1) is 12.7 Å². The largest absolute Gasteiger partial charge is 0.345 e. The molecule has 3 rings (SSSR count). The summed E-state index contributed by atoms with van der Waals surface area (Å²) in [5, 5.41) is 5.57. The van der Waals surface area contributed by atoms with Gasteiger partial charge in [-0.1, -0.05) is 26.2 Å². The van der Waals surface area contributed by atoms with E-state index in [0.29, 0.717) is 5.92 Å². The smallest absolute Gasteiger partial charge is 0.272 e. The molecule has 28 heavy (non-hydrogen) atoms.